The second kappa shape index (κ2) is 10.9. The molecule has 0 spiro atoms. The van der Waals surface area contributed by atoms with Crippen molar-refractivity contribution in [3.8, 4) is 22.6 Å². The number of hydrogen-bond donors (Lipinski definition) is 3. The summed E-state index contributed by atoms with van der Waals surface area (Å²) in [5.74, 6) is -0.648. The van der Waals surface area contributed by atoms with Crippen LogP contribution in [0.2, 0.25) is 0 Å². The Labute approximate surface area is 228 Å². The summed E-state index contributed by atoms with van der Waals surface area (Å²) in [5, 5.41) is 12.8. The minimum atomic E-state index is -0.813. The van der Waals surface area contributed by atoms with Crippen molar-refractivity contribution in [2.75, 3.05) is 5.32 Å². The molecule has 1 atom stereocenters. The summed E-state index contributed by atoms with van der Waals surface area (Å²) in [6.07, 6.45) is 4.07. The summed E-state index contributed by atoms with van der Waals surface area (Å²) in [7, 11) is 0. The SMILES string of the molecule is Cc1cc(Nc2cc(C)[nH]n2)nc(-c2cnc(C(=O)NC(C)c3ccc(-c4cc(F)cnc4C)nc3)c(F)c2)n1. The Bertz CT molecular complexity index is 1700. The zero-order valence-electron chi connectivity index (χ0n) is 22.1. The first kappa shape index (κ1) is 26.5. The standard InChI is InChI=1S/C28H25F2N9O/c1-14-7-24(36-25-8-15(2)38-39-25)37-27(34-14)19-9-22(30)26(33-12-19)28(40)35-16(3)18-5-6-23(32-11-18)21-10-20(29)13-31-17(21)4/h5-13,16H,1-4H3,(H,35,40)(H2,34,36,37,38,39). The lowest BCUT2D eigenvalue weighted by Crippen LogP contribution is -2.28. The zero-order valence-corrected chi connectivity index (χ0v) is 22.1. The molecule has 40 heavy (non-hydrogen) atoms. The Hall–Kier alpha value is -5.13. The highest BCUT2D eigenvalue weighted by molar-refractivity contribution is 5.93. The molecule has 202 valence electrons. The predicted octanol–water partition coefficient (Wildman–Crippen LogP) is 5.16. The van der Waals surface area contributed by atoms with E-state index in [1.54, 1.807) is 45.2 Å². The number of rotatable bonds is 7. The van der Waals surface area contributed by atoms with Crippen molar-refractivity contribution in [3.63, 3.8) is 0 Å². The number of hydrogen-bond acceptors (Lipinski definition) is 8. The van der Waals surface area contributed by atoms with E-state index in [2.05, 4.69) is 45.8 Å². The van der Waals surface area contributed by atoms with E-state index in [0.29, 0.717) is 45.4 Å². The van der Waals surface area contributed by atoms with E-state index in [4.69, 9.17) is 0 Å². The number of aryl methyl sites for hydroxylation is 3. The van der Waals surface area contributed by atoms with Crippen LogP contribution in [0.1, 0.15) is 46.1 Å². The Balaban J connectivity index is 1.30. The molecule has 0 saturated heterocycles. The summed E-state index contributed by atoms with van der Waals surface area (Å²) in [6, 6.07) is 9.07. The summed E-state index contributed by atoms with van der Waals surface area (Å²) >= 11 is 0. The van der Waals surface area contributed by atoms with Gasteiger partial charge in [-0.3, -0.25) is 19.9 Å². The van der Waals surface area contributed by atoms with Gasteiger partial charge in [-0.15, -0.1) is 0 Å². The number of halogens is 2. The van der Waals surface area contributed by atoms with Crippen LogP contribution in [0.25, 0.3) is 22.6 Å². The molecule has 0 aromatic carbocycles. The van der Waals surface area contributed by atoms with Crippen LogP contribution in [-0.2, 0) is 0 Å². The van der Waals surface area contributed by atoms with Gasteiger partial charge in [0.25, 0.3) is 5.91 Å². The van der Waals surface area contributed by atoms with Crippen LogP contribution < -0.4 is 10.6 Å². The first-order chi connectivity index (χ1) is 19.2. The number of H-pyrrole nitrogens is 1. The number of pyridine rings is 3. The Morgan fingerprint density at radius 1 is 0.925 bits per heavy atom. The van der Waals surface area contributed by atoms with Crippen molar-refractivity contribution in [2.24, 2.45) is 0 Å². The van der Waals surface area contributed by atoms with Gasteiger partial charge in [0, 0.05) is 52.7 Å². The van der Waals surface area contributed by atoms with Gasteiger partial charge in [0.1, 0.15) is 11.6 Å². The van der Waals surface area contributed by atoms with E-state index in [1.165, 1.54) is 18.3 Å². The van der Waals surface area contributed by atoms with Crippen molar-refractivity contribution in [1.29, 1.82) is 0 Å². The molecule has 3 N–H and O–H groups in total. The number of nitrogens with zero attached hydrogens (tertiary/aromatic N) is 6. The molecule has 5 aromatic heterocycles. The fourth-order valence-electron chi connectivity index (χ4n) is 4.04. The van der Waals surface area contributed by atoms with E-state index in [9.17, 15) is 9.18 Å². The predicted molar refractivity (Wildman–Crippen MR) is 145 cm³/mol. The molecule has 0 aliphatic carbocycles. The fraction of sp³-hybridized carbons (Fsp3) is 0.179. The number of aromatic nitrogens is 7. The highest BCUT2D eigenvalue weighted by Gasteiger charge is 2.19. The van der Waals surface area contributed by atoms with Gasteiger partial charge < -0.3 is 10.6 Å². The Morgan fingerprint density at radius 2 is 1.75 bits per heavy atom. The fourth-order valence-corrected chi connectivity index (χ4v) is 4.04. The van der Waals surface area contributed by atoms with Crippen LogP contribution in [-0.4, -0.2) is 41.0 Å². The van der Waals surface area contributed by atoms with Crippen LogP contribution in [0.5, 0.6) is 0 Å². The van der Waals surface area contributed by atoms with Crippen LogP contribution in [0.3, 0.4) is 0 Å². The van der Waals surface area contributed by atoms with Crippen molar-refractivity contribution in [1.82, 2.24) is 40.4 Å². The average molecular weight is 542 g/mol. The first-order valence-corrected chi connectivity index (χ1v) is 12.4. The molecule has 5 aromatic rings. The van der Waals surface area contributed by atoms with E-state index < -0.39 is 23.6 Å². The third-order valence-corrected chi connectivity index (χ3v) is 6.09. The van der Waals surface area contributed by atoms with Gasteiger partial charge in [-0.2, -0.15) is 5.10 Å². The molecule has 0 aliphatic heterocycles. The first-order valence-electron chi connectivity index (χ1n) is 12.4. The maximum absolute atomic E-state index is 15.0. The summed E-state index contributed by atoms with van der Waals surface area (Å²) < 4.78 is 28.7. The maximum Gasteiger partial charge on any atom is 0.273 e. The molecule has 5 rings (SSSR count). The molecule has 12 heteroatoms. The van der Waals surface area contributed by atoms with E-state index in [-0.39, 0.29) is 11.5 Å². The lowest BCUT2D eigenvalue weighted by molar-refractivity contribution is 0.0930. The lowest BCUT2D eigenvalue weighted by atomic mass is 10.1. The highest BCUT2D eigenvalue weighted by Crippen LogP contribution is 2.24. The largest absolute Gasteiger partial charge is 0.344 e. The van der Waals surface area contributed by atoms with Crippen molar-refractivity contribution in [2.45, 2.75) is 33.7 Å². The molecule has 0 bridgehead atoms. The van der Waals surface area contributed by atoms with Crippen LogP contribution >= 0.6 is 0 Å². The van der Waals surface area contributed by atoms with Gasteiger partial charge in [-0.05, 0) is 51.5 Å². The number of carbonyl (C=O) groups is 1. The van der Waals surface area contributed by atoms with Crippen molar-refractivity contribution in [3.05, 3.63) is 95.0 Å². The molecule has 1 unspecified atom stereocenters. The second-order valence-electron chi connectivity index (χ2n) is 9.29. The molecule has 0 radical (unpaired) electrons. The van der Waals surface area contributed by atoms with Gasteiger partial charge in [0.15, 0.2) is 23.2 Å². The molecule has 5 heterocycles. The van der Waals surface area contributed by atoms with Crippen LogP contribution in [0.4, 0.5) is 20.4 Å². The Kier molecular flexibility index (Phi) is 7.23. The van der Waals surface area contributed by atoms with E-state index in [1.807, 2.05) is 13.0 Å². The summed E-state index contributed by atoms with van der Waals surface area (Å²) in [4.78, 5) is 34.1. The number of aromatic amines is 1. The number of amides is 1. The molecular formula is C28H25F2N9O. The smallest absolute Gasteiger partial charge is 0.273 e. The van der Waals surface area contributed by atoms with Crippen LogP contribution in [0.15, 0.2) is 55.0 Å². The van der Waals surface area contributed by atoms with Crippen molar-refractivity contribution < 1.29 is 13.6 Å². The molecule has 0 saturated carbocycles. The Morgan fingerprint density at radius 3 is 2.45 bits per heavy atom. The molecule has 0 aliphatic rings. The third kappa shape index (κ3) is 5.80. The lowest BCUT2D eigenvalue weighted by Gasteiger charge is -2.15. The molecular weight excluding hydrogens is 516 g/mol. The quantitative estimate of drug-likeness (QED) is 0.257. The molecule has 10 nitrogen and oxygen atoms in total. The normalized spacial score (nSPS) is 11.8. The molecule has 0 fully saturated rings. The molecule has 1 amide bonds. The van der Waals surface area contributed by atoms with Gasteiger partial charge in [0.2, 0.25) is 0 Å². The number of nitrogens with one attached hydrogen (secondary N) is 3. The van der Waals surface area contributed by atoms with E-state index >= 15 is 4.39 Å². The van der Waals surface area contributed by atoms with Gasteiger partial charge in [-0.1, -0.05) is 6.07 Å². The van der Waals surface area contributed by atoms with Gasteiger partial charge >= 0.3 is 0 Å². The highest BCUT2D eigenvalue weighted by atomic mass is 19.1. The number of carbonyl (C=O) groups excluding carboxylic acids is 1. The summed E-state index contributed by atoms with van der Waals surface area (Å²) in [6.45, 7) is 7.17. The summed E-state index contributed by atoms with van der Waals surface area (Å²) in [5.41, 5.74) is 3.93. The second-order valence-corrected chi connectivity index (χ2v) is 9.29. The minimum absolute atomic E-state index is 0.247. The third-order valence-electron chi connectivity index (χ3n) is 6.09. The topological polar surface area (TPSA) is 134 Å². The maximum atomic E-state index is 15.0. The zero-order chi connectivity index (χ0) is 28.4. The van der Waals surface area contributed by atoms with Crippen LogP contribution in [0, 0.1) is 32.4 Å². The van der Waals surface area contributed by atoms with Crippen molar-refractivity contribution >= 4 is 17.5 Å². The monoisotopic (exact) mass is 541 g/mol. The minimum Gasteiger partial charge on any atom is -0.344 e. The number of anilines is 2. The average Bonchev–Trinajstić information content (AvgIpc) is 3.33. The van der Waals surface area contributed by atoms with Gasteiger partial charge in [0.05, 0.1) is 17.9 Å². The van der Waals surface area contributed by atoms with Gasteiger partial charge in [-0.25, -0.2) is 23.7 Å². The van der Waals surface area contributed by atoms with E-state index in [0.717, 1.165) is 11.9 Å².